The van der Waals surface area contributed by atoms with Crippen LogP contribution < -0.4 is 5.32 Å². The van der Waals surface area contributed by atoms with E-state index in [-0.39, 0.29) is 5.54 Å². The molecule has 0 fully saturated rings. The largest absolute Gasteiger partial charge is 0.312 e. The molecule has 0 radical (unpaired) electrons. The van der Waals surface area contributed by atoms with Gasteiger partial charge in [-0.1, -0.05) is 6.92 Å². The first kappa shape index (κ1) is 15.2. The van der Waals surface area contributed by atoms with E-state index in [2.05, 4.69) is 60.4 Å². The Kier molecular flexibility index (Phi) is 6.18. The fourth-order valence-corrected chi connectivity index (χ4v) is 3.29. The van der Waals surface area contributed by atoms with E-state index >= 15 is 0 Å². The van der Waals surface area contributed by atoms with Crippen molar-refractivity contribution in [2.75, 3.05) is 6.54 Å². The molecule has 1 aromatic heterocycles. The molecule has 0 aliphatic rings. The van der Waals surface area contributed by atoms with Crippen LogP contribution in [0, 0.1) is 5.92 Å². The highest BCUT2D eigenvalue weighted by Gasteiger charge is 2.10. The van der Waals surface area contributed by atoms with E-state index in [1.165, 1.54) is 28.6 Å². The zero-order chi connectivity index (χ0) is 12.9. The summed E-state index contributed by atoms with van der Waals surface area (Å²) in [5, 5.41) is 5.71. The predicted octanol–water partition coefficient (Wildman–Crippen LogP) is 4.86. The second-order valence-electron chi connectivity index (χ2n) is 5.80. The van der Waals surface area contributed by atoms with Crippen molar-refractivity contribution in [3.8, 4) is 0 Å². The molecule has 0 amide bonds. The molecule has 98 valence electrons. The second-order valence-corrected chi connectivity index (χ2v) is 7.66. The number of rotatable bonds is 6. The molecule has 0 saturated heterocycles. The fourth-order valence-electron chi connectivity index (χ4n) is 1.72. The van der Waals surface area contributed by atoms with E-state index in [0.717, 1.165) is 12.5 Å². The van der Waals surface area contributed by atoms with Crippen molar-refractivity contribution in [1.82, 2.24) is 5.32 Å². The van der Waals surface area contributed by atoms with Gasteiger partial charge in [-0.2, -0.15) is 0 Å². The molecule has 0 saturated carbocycles. The zero-order valence-electron chi connectivity index (χ0n) is 11.3. The van der Waals surface area contributed by atoms with Crippen LogP contribution in [0.1, 0.15) is 45.4 Å². The maximum Gasteiger partial charge on any atom is 0.0314 e. The monoisotopic (exact) mass is 317 g/mol. The third-order valence-corrected chi connectivity index (χ3v) is 4.83. The summed E-state index contributed by atoms with van der Waals surface area (Å²) in [7, 11) is 0. The SMILES string of the molecule is CC(CCNC(C)(C)C)CCc1sccc1Br. The molecule has 1 rings (SSSR count). The van der Waals surface area contributed by atoms with Crippen molar-refractivity contribution in [2.45, 2.75) is 52.5 Å². The van der Waals surface area contributed by atoms with Crippen LogP contribution in [0.15, 0.2) is 15.9 Å². The fraction of sp³-hybridized carbons (Fsp3) is 0.714. The molecular weight excluding hydrogens is 294 g/mol. The molecule has 0 aliphatic heterocycles. The molecule has 0 aromatic carbocycles. The zero-order valence-corrected chi connectivity index (χ0v) is 13.7. The predicted molar refractivity (Wildman–Crippen MR) is 81.9 cm³/mol. The highest BCUT2D eigenvalue weighted by Crippen LogP contribution is 2.25. The summed E-state index contributed by atoms with van der Waals surface area (Å²) in [5.41, 5.74) is 0.247. The van der Waals surface area contributed by atoms with Crippen LogP contribution in [0.4, 0.5) is 0 Å². The minimum Gasteiger partial charge on any atom is -0.312 e. The van der Waals surface area contributed by atoms with E-state index in [1.54, 1.807) is 0 Å². The molecule has 0 bridgehead atoms. The number of nitrogens with one attached hydrogen (secondary N) is 1. The topological polar surface area (TPSA) is 12.0 Å². The lowest BCUT2D eigenvalue weighted by atomic mass is 10.0. The first-order valence-corrected chi connectivity index (χ1v) is 8.02. The van der Waals surface area contributed by atoms with Crippen LogP contribution in [0.5, 0.6) is 0 Å². The number of aryl methyl sites for hydroxylation is 1. The normalized spacial score (nSPS) is 13.9. The Morgan fingerprint density at radius 1 is 1.35 bits per heavy atom. The van der Waals surface area contributed by atoms with Crippen LogP contribution in [0.25, 0.3) is 0 Å². The lowest BCUT2D eigenvalue weighted by molar-refractivity contribution is 0.387. The van der Waals surface area contributed by atoms with Crippen molar-refractivity contribution in [3.63, 3.8) is 0 Å². The van der Waals surface area contributed by atoms with Gasteiger partial charge in [0.2, 0.25) is 0 Å². The smallest absolute Gasteiger partial charge is 0.0314 e. The number of thiophene rings is 1. The molecule has 17 heavy (non-hydrogen) atoms. The summed E-state index contributed by atoms with van der Waals surface area (Å²) in [6.07, 6.45) is 3.75. The Labute approximate surface area is 118 Å². The minimum absolute atomic E-state index is 0.247. The maximum absolute atomic E-state index is 3.59. The third-order valence-electron chi connectivity index (χ3n) is 2.85. The summed E-state index contributed by atoms with van der Waals surface area (Å²) in [6, 6.07) is 2.14. The van der Waals surface area contributed by atoms with E-state index in [9.17, 15) is 0 Å². The van der Waals surface area contributed by atoms with Crippen molar-refractivity contribution >= 4 is 27.3 Å². The van der Waals surface area contributed by atoms with Gasteiger partial charge >= 0.3 is 0 Å². The highest BCUT2D eigenvalue weighted by atomic mass is 79.9. The summed E-state index contributed by atoms with van der Waals surface area (Å²) in [6.45, 7) is 10.1. The summed E-state index contributed by atoms with van der Waals surface area (Å²) in [5.74, 6) is 0.791. The van der Waals surface area contributed by atoms with Crippen LogP contribution in [0.2, 0.25) is 0 Å². The van der Waals surface area contributed by atoms with Gasteiger partial charge in [0.15, 0.2) is 0 Å². The average Bonchev–Trinajstić information content (AvgIpc) is 2.59. The van der Waals surface area contributed by atoms with Gasteiger partial charge in [0, 0.05) is 14.9 Å². The van der Waals surface area contributed by atoms with Gasteiger partial charge in [0.25, 0.3) is 0 Å². The van der Waals surface area contributed by atoms with E-state index in [1.807, 2.05) is 11.3 Å². The summed E-state index contributed by atoms with van der Waals surface area (Å²) < 4.78 is 1.28. The summed E-state index contributed by atoms with van der Waals surface area (Å²) in [4.78, 5) is 1.49. The Balaban J connectivity index is 2.18. The summed E-state index contributed by atoms with van der Waals surface area (Å²) >= 11 is 5.45. The molecule has 1 N–H and O–H groups in total. The Morgan fingerprint density at radius 3 is 2.59 bits per heavy atom. The van der Waals surface area contributed by atoms with Gasteiger partial charge in [0.05, 0.1) is 0 Å². The van der Waals surface area contributed by atoms with Crippen molar-refractivity contribution in [2.24, 2.45) is 5.92 Å². The Morgan fingerprint density at radius 2 is 2.06 bits per heavy atom. The number of hydrogen-bond donors (Lipinski definition) is 1. The molecule has 3 heteroatoms. The molecule has 1 unspecified atom stereocenters. The molecule has 1 atom stereocenters. The molecule has 0 spiro atoms. The van der Waals surface area contributed by atoms with Crippen LogP contribution in [-0.4, -0.2) is 12.1 Å². The van der Waals surface area contributed by atoms with E-state index in [4.69, 9.17) is 0 Å². The number of hydrogen-bond acceptors (Lipinski definition) is 2. The van der Waals surface area contributed by atoms with Gasteiger partial charge in [-0.3, -0.25) is 0 Å². The lowest BCUT2D eigenvalue weighted by Crippen LogP contribution is -2.36. The highest BCUT2D eigenvalue weighted by molar-refractivity contribution is 9.10. The van der Waals surface area contributed by atoms with E-state index in [0.29, 0.717) is 0 Å². The molecule has 1 heterocycles. The van der Waals surface area contributed by atoms with Crippen LogP contribution >= 0.6 is 27.3 Å². The molecular formula is C14H24BrNS. The van der Waals surface area contributed by atoms with E-state index < -0.39 is 0 Å². The second kappa shape index (κ2) is 6.91. The first-order chi connectivity index (χ1) is 7.88. The van der Waals surface area contributed by atoms with Crippen molar-refractivity contribution < 1.29 is 0 Å². The van der Waals surface area contributed by atoms with Gasteiger partial charge in [-0.15, -0.1) is 11.3 Å². The third kappa shape index (κ3) is 6.58. The molecule has 0 aliphatic carbocycles. The van der Waals surface area contributed by atoms with Crippen LogP contribution in [0.3, 0.4) is 0 Å². The molecule has 1 aromatic rings. The van der Waals surface area contributed by atoms with Gasteiger partial charge in [-0.25, -0.2) is 0 Å². The van der Waals surface area contributed by atoms with Crippen LogP contribution in [-0.2, 0) is 6.42 Å². The Hall–Kier alpha value is 0.140. The van der Waals surface area contributed by atoms with Gasteiger partial charge in [-0.05, 0) is 79.9 Å². The van der Waals surface area contributed by atoms with Crippen molar-refractivity contribution in [1.29, 1.82) is 0 Å². The first-order valence-electron chi connectivity index (χ1n) is 6.35. The Bertz CT molecular complexity index is 327. The average molecular weight is 318 g/mol. The number of halogens is 1. The van der Waals surface area contributed by atoms with Gasteiger partial charge in [0.1, 0.15) is 0 Å². The standard InChI is InChI=1S/C14H24BrNS/c1-11(7-9-16-14(2,3)4)5-6-13-12(15)8-10-17-13/h8,10-11,16H,5-7,9H2,1-4H3. The quantitative estimate of drug-likeness (QED) is 0.790. The molecule has 1 nitrogen and oxygen atoms in total. The van der Waals surface area contributed by atoms with Crippen molar-refractivity contribution in [3.05, 3.63) is 20.8 Å². The maximum atomic E-state index is 3.59. The minimum atomic E-state index is 0.247. The lowest BCUT2D eigenvalue weighted by Gasteiger charge is -2.21. The van der Waals surface area contributed by atoms with Gasteiger partial charge < -0.3 is 5.32 Å².